The van der Waals surface area contributed by atoms with Gasteiger partial charge in [0.2, 0.25) is 11.8 Å². The standard InChI is InChI=1S/C25H33N5O4S/c1-18(31)30-11-8-21-14-22(6-7-23(21)30)35(33,34)12-9-25(32)28-10-2-3-20(16-28)13-24-27-26-17-29(24)15-19-4-5-19/h6-7,14,17,19-20H,2-5,8-13,15-16H2,1H3. The third-order valence-corrected chi connectivity index (χ3v) is 9.17. The minimum Gasteiger partial charge on any atom is -0.342 e. The normalized spacial score (nSPS) is 20.2. The predicted octanol–water partition coefficient (Wildman–Crippen LogP) is 2.24. The zero-order chi connectivity index (χ0) is 24.6. The molecule has 0 bridgehead atoms. The van der Waals surface area contributed by atoms with E-state index in [-0.39, 0.29) is 28.9 Å². The molecule has 1 saturated carbocycles. The van der Waals surface area contributed by atoms with Crippen molar-refractivity contribution in [3.05, 3.63) is 35.9 Å². The van der Waals surface area contributed by atoms with E-state index >= 15 is 0 Å². The Hall–Kier alpha value is -2.75. The molecule has 2 aliphatic heterocycles. The van der Waals surface area contributed by atoms with Crippen molar-refractivity contribution in [2.24, 2.45) is 11.8 Å². The summed E-state index contributed by atoms with van der Waals surface area (Å²) in [6.07, 6.45) is 7.71. The zero-order valence-corrected chi connectivity index (χ0v) is 21.0. The Balaban J connectivity index is 1.17. The lowest BCUT2D eigenvalue weighted by Gasteiger charge is -2.32. The van der Waals surface area contributed by atoms with Crippen LogP contribution in [0.3, 0.4) is 0 Å². The highest BCUT2D eigenvalue weighted by atomic mass is 32.2. The van der Waals surface area contributed by atoms with E-state index in [1.807, 2.05) is 4.90 Å². The summed E-state index contributed by atoms with van der Waals surface area (Å²) in [4.78, 5) is 28.4. The molecule has 10 heteroatoms. The van der Waals surface area contributed by atoms with Gasteiger partial charge in [0, 0.05) is 51.6 Å². The van der Waals surface area contributed by atoms with Crippen LogP contribution in [-0.2, 0) is 38.8 Å². The number of anilines is 1. The smallest absolute Gasteiger partial charge is 0.223 e. The van der Waals surface area contributed by atoms with E-state index in [2.05, 4.69) is 14.8 Å². The molecule has 0 N–H and O–H groups in total. The van der Waals surface area contributed by atoms with Crippen molar-refractivity contribution < 1.29 is 18.0 Å². The van der Waals surface area contributed by atoms with Gasteiger partial charge in [0.05, 0.1) is 10.6 Å². The van der Waals surface area contributed by atoms with Crippen molar-refractivity contribution in [1.82, 2.24) is 19.7 Å². The zero-order valence-electron chi connectivity index (χ0n) is 20.2. The van der Waals surface area contributed by atoms with Crippen LogP contribution in [0.2, 0.25) is 0 Å². The highest BCUT2D eigenvalue weighted by Gasteiger charge is 2.29. The first kappa shape index (κ1) is 24.0. The van der Waals surface area contributed by atoms with Crippen LogP contribution < -0.4 is 4.90 Å². The molecule has 1 aromatic heterocycles. The molecule has 2 aromatic rings. The van der Waals surface area contributed by atoms with Gasteiger partial charge in [-0.15, -0.1) is 10.2 Å². The predicted molar refractivity (Wildman–Crippen MR) is 131 cm³/mol. The Morgan fingerprint density at radius 3 is 2.71 bits per heavy atom. The van der Waals surface area contributed by atoms with Gasteiger partial charge in [-0.05, 0) is 67.7 Å². The van der Waals surface area contributed by atoms with Gasteiger partial charge < -0.3 is 14.4 Å². The minimum atomic E-state index is -3.59. The SMILES string of the molecule is CC(=O)N1CCc2cc(S(=O)(=O)CCC(=O)N3CCCC(Cc4nncn4CC4CC4)C3)ccc21. The van der Waals surface area contributed by atoms with Gasteiger partial charge in [0.25, 0.3) is 0 Å². The van der Waals surface area contributed by atoms with Gasteiger partial charge in [0.15, 0.2) is 9.84 Å². The number of benzene rings is 1. The van der Waals surface area contributed by atoms with Crippen LogP contribution in [0.1, 0.15) is 50.4 Å². The fourth-order valence-corrected chi connectivity index (χ4v) is 6.56. The van der Waals surface area contributed by atoms with Crippen LogP contribution in [0.5, 0.6) is 0 Å². The number of likely N-dealkylation sites (tertiary alicyclic amines) is 1. The Labute approximate surface area is 206 Å². The molecule has 1 unspecified atom stereocenters. The molecule has 1 aliphatic carbocycles. The quantitative estimate of drug-likeness (QED) is 0.552. The molecule has 0 spiro atoms. The van der Waals surface area contributed by atoms with Crippen molar-refractivity contribution in [2.45, 2.75) is 63.3 Å². The van der Waals surface area contributed by atoms with Crippen LogP contribution in [0.15, 0.2) is 29.4 Å². The van der Waals surface area contributed by atoms with Gasteiger partial charge in [-0.1, -0.05) is 0 Å². The van der Waals surface area contributed by atoms with E-state index in [4.69, 9.17) is 0 Å². The van der Waals surface area contributed by atoms with E-state index in [9.17, 15) is 18.0 Å². The van der Waals surface area contributed by atoms with Crippen molar-refractivity contribution in [1.29, 1.82) is 0 Å². The second-order valence-electron chi connectivity index (χ2n) is 10.2. The number of carbonyl (C=O) groups is 2. The maximum absolute atomic E-state index is 13.0. The maximum atomic E-state index is 13.0. The first-order valence-electron chi connectivity index (χ1n) is 12.6. The number of carbonyl (C=O) groups excluding carboxylic acids is 2. The monoisotopic (exact) mass is 499 g/mol. The van der Waals surface area contributed by atoms with Crippen molar-refractivity contribution in [3.8, 4) is 0 Å². The molecular weight excluding hydrogens is 466 g/mol. The molecule has 35 heavy (non-hydrogen) atoms. The third-order valence-electron chi connectivity index (χ3n) is 7.46. The number of aromatic nitrogens is 3. The second kappa shape index (κ2) is 9.72. The summed E-state index contributed by atoms with van der Waals surface area (Å²) in [5, 5.41) is 8.40. The first-order chi connectivity index (χ1) is 16.8. The van der Waals surface area contributed by atoms with Crippen LogP contribution in [-0.4, -0.2) is 65.3 Å². The highest BCUT2D eigenvalue weighted by Crippen LogP contribution is 2.32. The summed E-state index contributed by atoms with van der Waals surface area (Å²) in [6, 6.07) is 4.91. The molecule has 3 heterocycles. The lowest BCUT2D eigenvalue weighted by Crippen LogP contribution is -2.41. The fraction of sp³-hybridized carbons (Fsp3) is 0.600. The van der Waals surface area contributed by atoms with Crippen LogP contribution in [0, 0.1) is 11.8 Å². The summed E-state index contributed by atoms with van der Waals surface area (Å²) in [6.45, 7) is 4.36. The van der Waals surface area contributed by atoms with E-state index in [0.717, 1.165) is 48.8 Å². The molecular formula is C25H33N5O4S. The summed E-state index contributed by atoms with van der Waals surface area (Å²) in [5.74, 6) is 1.67. The average Bonchev–Trinajstić information content (AvgIpc) is 3.38. The molecule has 1 saturated heterocycles. The van der Waals surface area contributed by atoms with Gasteiger partial charge in [-0.25, -0.2) is 8.42 Å². The number of amides is 2. The molecule has 2 amide bonds. The van der Waals surface area contributed by atoms with Gasteiger partial charge in [0.1, 0.15) is 12.2 Å². The van der Waals surface area contributed by atoms with E-state index in [0.29, 0.717) is 32.0 Å². The fourth-order valence-electron chi connectivity index (χ4n) is 5.28. The number of piperidine rings is 1. The lowest BCUT2D eigenvalue weighted by atomic mass is 9.94. The van der Waals surface area contributed by atoms with Crippen LogP contribution in [0.25, 0.3) is 0 Å². The van der Waals surface area contributed by atoms with Crippen molar-refractivity contribution >= 4 is 27.3 Å². The molecule has 5 rings (SSSR count). The largest absolute Gasteiger partial charge is 0.342 e. The Bertz CT molecular complexity index is 1220. The summed E-state index contributed by atoms with van der Waals surface area (Å²) < 4.78 is 28.1. The summed E-state index contributed by atoms with van der Waals surface area (Å²) >= 11 is 0. The van der Waals surface area contributed by atoms with Gasteiger partial charge >= 0.3 is 0 Å². The van der Waals surface area contributed by atoms with Crippen LogP contribution in [0.4, 0.5) is 5.69 Å². The number of hydrogen-bond acceptors (Lipinski definition) is 6. The molecule has 2 fully saturated rings. The van der Waals surface area contributed by atoms with E-state index in [1.165, 1.54) is 19.8 Å². The van der Waals surface area contributed by atoms with Gasteiger partial charge in [-0.3, -0.25) is 9.59 Å². The maximum Gasteiger partial charge on any atom is 0.223 e. The second-order valence-corrected chi connectivity index (χ2v) is 12.3. The Morgan fingerprint density at radius 1 is 1.11 bits per heavy atom. The van der Waals surface area contributed by atoms with Gasteiger partial charge in [-0.2, -0.15) is 0 Å². The number of sulfone groups is 1. The molecule has 3 aliphatic rings. The van der Waals surface area contributed by atoms with Crippen molar-refractivity contribution in [2.75, 3.05) is 30.3 Å². The third kappa shape index (κ3) is 5.42. The molecule has 0 radical (unpaired) electrons. The molecule has 1 aromatic carbocycles. The number of rotatable bonds is 8. The summed E-state index contributed by atoms with van der Waals surface area (Å²) in [5.41, 5.74) is 1.64. The van der Waals surface area contributed by atoms with Crippen LogP contribution >= 0.6 is 0 Å². The minimum absolute atomic E-state index is 0.0242. The Kier molecular flexibility index (Phi) is 6.65. The number of nitrogens with zero attached hydrogens (tertiary/aromatic N) is 5. The topological polar surface area (TPSA) is 105 Å². The molecule has 188 valence electrons. The van der Waals surface area contributed by atoms with Crippen molar-refractivity contribution in [3.63, 3.8) is 0 Å². The first-order valence-corrected chi connectivity index (χ1v) is 14.2. The average molecular weight is 500 g/mol. The lowest BCUT2D eigenvalue weighted by molar-refractivity contribution is -0.132. The number of fused-ring (bicyclic) bond motifs is 1. The Morgan fingerprint density at radius 2 is 1.94 bits per heavy atom. The van der Waals surface area contributed by atoms with E-state index < -0.39 is 9.84 Å². The highest BCUT2D eigenvalue weighted by molar-refractivity contribution is 7.91. The molecule has 9 nitrogen and oxygen atoms in total. The molecule has 1 atom stereocenters. The summed E-state index contributed by atoms with van der Waals surface area (Å²) in [7, 11) is -3.59. The number of hydrogen-bond donors (Lipinski definition) is 0. The van der Waals surface area contributed by atoms with E-state index in [1.54, 1.807) is 29.4 Å².